The minimum atomic E-state index is -0.578. The molecule has 1 unspecified atom stereocenters. The van der Waals surface area contributed by atoms with Crippen LogP contribution in [0.25, 0.3) is 0 Å². The van der Waals surface area contributed by atoms with Crippen molar-refractivity contribution in [2.24, 2.45) is 5.41 Å². The lowest BCUT2D eigenvalue weighted by molar-refractivity contribution is -0.136. The maximum absolute atomic E-state index is 13.1. The van der Waals surface area contributed by atoms with E-state index in [2.05, 4.69) is 40.5 Å². The number of thioether (sulfide) groups is 1. The van der Waals surface area contributed by atoms with Crippen LogP contribution in [0.2, 0.25) is 0 Å². The molecule has 2 saturated heterocycles. The number of carbonyl (C=O) groups excluding carboxylic acids is 3. The minimum absolute atomic E-state index is 0.117. The average molecular weight is 532 g/mol. The molecule has 1 aliphatic carbocycles. The van der Waals surface area contributed by atoms with Gasteiger partial charge >= 0.3 is 0 Å². The molecule has 2 aromatic rings. The number of fused-ring (bicyclic) bond motifs is 1. The molecule has 6 nitrogen and oxygen atoms in total. The molecule has 3 aliphatic heterocycles. The van der Waals surface area contributed by atoms with Gasteiger partial charge in [-0.1, -0.05) is 49.6 Å². The normalized spacial score (nSPS) is 23.5. The van der Waals surface area contributed by atoms with Crippen molar-refractivity contribution in [2.45, 2.75) is 87.6 Å². The summed E-state index contributed by atoms with van der Waals surface area (Å²) >= 11 is 1.74. The summed E-state index contributed by atoms with van der Waals surface area (Å²) in [5.41, 5.74) is 4.96. The summed E-state index contributed by atoms with van der Waals surface area (Å²) in [4.78, 5) is 42.3. The topological polar surface area (TPSA) is 69.7 Å². The zero-order chi connectivity index (χ0) is 26.1. The number of nitrogens with zero attached hydrogens (tertiary/aromatic N) is 2. The van der Waals surface area contributed by atoms with Gasteiger partial charge in [0, 0.05) is 35.7 Å². The number of rotatable bonds is 6. The lowest BCUT2D eigenvalue weighted by atomic mass is 9.68. The van der Waals surface area contributed by atoms with E-state index in [1.54, 1.807) is 16.7 Å². The second kappa shape index (κ2) is 10.9. The molecule has 0 aromatic heterocycles. The third-order valence-corrected chi connectivity index (χ3v) is 10.4. The molecule has 6 rings (SSSR count). The monoisotopic (exact) mass is 531 g/mol. The number of carbonyl (C=O) groups is 3. The fourth-order valence-electron chi connectivity index (χ4n) is 6.84. The molecular formula is C31H37N3O3S. The Balaban J connectivity index is 1.04. The van der Waals surface area contributed by atoms with Crippen LogP contribution in [-0.2, 0) is 28.4 Å². The van der Waals surface area contributed by atoms with Crippen LogP contribution in [-0.4, -0.2) is 46.7 Å². The molecule has 0 radical (unpaired) electrons. The number of nitrogens with one attached hydrogen (secondary N) is 1. The Labute approximate surface area is 229 Å². The predicted molar refractivity (Wildman–Crippen MR) is 149 cm³/mol. The van der Waals surface area contributed by atoms with Crippen LogP contribution in [0.4, 0.5) is 0 Å². The van der Waals surface area contributed by atoms with Gasteiger partial charge in [-0.05, 0) is 79.4 Å². The molecule has 1 spiro atoms. The maximum Gasteiger partial charge on any atom is 0.255 e. The quantitative estimate of drug-likeness (QED) is 0.405. The molecule has 1 atom stereocenters. The minimum Gasteiger partial charge on any atom is -0.322 e. The number of likely N-dealkylation sites (tertiary alicyclic amines) is 1. The van der Waals surface area contributed by atoms with Crippen LogP contribution in [0, 0.1) is 5.41 Å². The van der Waals surface area contributed by atoms with Crippen LogP contribution in [0.5, 0.6) is 0 Å². The van der Waals surface area contributed by atoms with Gasteiger partial charge in [0.05, 0.1) is 0 Å². The molecule has 1 saturated carbocycles. The molecule has 1 N–H and O–H groups in total. The first kappa shape index (κ1) is 25.6. The van der Waals surface area contributed by atoms with Gasteiger partial charge in [0.1, 0.15) is 6.04 Å². The van der Waals surface area contributed by atoms with Crippen molar-refractivity contribution in [3.63, 3.8) is 0 Å². The summed E-state index contributed by atoms with van der Waals surface area (Å²) in [6.07, 6.45) is 10.6. The Morgan fingerprint density at radius 3 is 2.37 bits per heavy atom. The van der Waals surface area contributed by atoms with Gasteiger partial charge in [0.2, 0.25) is 11.8 Å². The zero-order valence-electron chi connectivity index (χ0n) is 22.0. The van der Waals surface area contributed by atoms with Gasteiger partial charge in [0.25, 0.3) is 5.91 Å². The molecule has 38 heavy (non-hydrogen) atoms. The van der Waals surface area contributed by atoms with Crippen LogP contribution in [0.1, 0.15) is 84.8 Å². The van der Waals surface area contributed by atoms with Gasteiger partial charge in [-0.3, -0.25) is 24.6 Å². The van der Waals surface area contributed by atoms with E-state index in [1.165, 1.54) is 69.2 Å². The van der Waals surface area contributed by atoms with Crippen LogP contribution >= 0.6 is 11.8 Å². The van der Waals surface area contributed by atoms with Gasteiger partial charge in [0.15, 0.2) is 0 Å². The van der Waals surface area contributed by atoms with Gasteiger partial charge < -0.3 is 4.90 Å². The van der Waals surface area contributed by atoms with E-state index in [1.807, 2.05) is 12.1 Å². The van der Waals surface area contributed by atoms with Crippen LogP contribution in [0.15, 0.2) is 47.4 Å². The second-order valence-corrected chi connectivity index (χ2v) is 12.6. The highest BCUT2D eigenvalue weighted by molar-refractivity contribution is 7.98. The number of hydrogen-bond acceptors (Lipinski definition) is 5. The number of benzene rings is 2. The third-order valence-electron chi connectivity index (χ3n) is 9.19. The Morgan fingerprint density at radius 1 is 0.895 bits per heavy atom. The standard InChI is InChI=1S/C31H37N3O3S/c35-28-12-11-26(29(36)32-28)34-20-25-24(30(34)37)5-4-6-27(25)38-21-23-9-7-22(8-10-23)19-33-17-15-31(16-18-33)13-2-1-3-14-31/h4-10,26H,1-3,11-21H2,(H,32,35,36). The third kappa shape index (κ3) is 5.28. The molecular weight excluding hydrogens is 494 g/mol. The fraction of sp³-hybridized carbons (Fsp3) is 0.516. The van der Waals surface area contributed by atoms with Crippen molar-refractivity contribution in [1.82, 2.24) is 15.1 Å². The van der Waals surface area contributed by atoms with Crippen molar-refractivity contribution in [3.05, 3.63) is 64.7 Å². The molecule has 4 aliphatic rings. The first-order valence-corrected chi connectivity index (χ1v) is 15.2. The van der Waals surface area contributed by atoms with Crippen molar-refractivity contribution < 1.29 is 14.4 Å². The van der Waals surface area contributed by atoms with Crippen molar-refractivity contribution in [2.75, 3.05) is 13.1 Å². The van der Waals surface area contributed by atoms with E-state index < -0.39 is 6.04 Å². The summed E-state index contributed by atoms with van der Waals surface area (Å²) in [6, 6.07) is 14.3. The van der Waals surface area contributed by atoms with Gasteiger partial charge in [-0.2, -0.15) is 0 Å². The first-order valence-electron chi connectivity index (χ1n) is 14.2. The summed E-state index contributed by atoms with van der Waals surface area (Å²) in [7, 11) is 0. The summed E-state index contributed by atoms with van der Waals surface area (Å²) in [5.74, 6) is 0.0832. The van der Waals surface area contributed by atoms with E-state index in [-0.39, 0.29) is 24.1 Å². The molecule has 7 heteroatoms. The molecule has 0 bridgehead atoms. The molecule has 2 aromatic carbocycles. The van der Waals surface area contributed by atoms with E-state index >= 15 is 0 Å². The number of hydrogen-bond donors (Lipinski definition) is 1. The van der Waals surface area contributed by atoms with Gasteiger partial charge in [-0.15, -0.1) is 11.8 Å². The summed E-state index contributed by atoms with van der Waals surface area (Å²) in [6.45, 7) is 3.91. The Kier molecular flexibility index (Phi) is 7.32. The van der Waals surface area contributed by atoms with E-state index in [9.17, 15) is 14.4 Å². The molecule has 3 fully saturated rings. The first-order chi connectivity index (χ1) is 18.5. The Morgan fingerprint density at radius 2 is 1.63 bits per heavy atom. The number of amides is 3. The maximum atomic E-state index is 13.1. The number of imide groups is 1. The highest BCUT2D eigenvalue weighted by atomic mass is 32.2. The molecule has 200 valence electrons. The van der Waals surface area contributed by atoms with Crippen LogP contribution < -0.4 is 5.32 Å². The smallest absolute Gasteiger partial charge is 0.255 e. The van der Waals surface area contributed by atoms with E-state index in [0.29, 0.717) is 23.9 Å². The molecule has 3 heterocycles. The highest BCUT2D eigenvalue weighted by Gasteiger charge is 2.40. The number of piperidine rings is 2. The van der Waals surface area contributed by atoms with E-state index in [0.717, 1.165) is 22.8 Å². The fourth-order valence-corrected chi connectivity index (χ4v) is 7.88. The summed E-state index contributed by atoms with van der Waals surface area (Å²) in [5, 5.41) is 2.38. The second-order valence-electron chi connectivity index (χ2n) is 11.6. The SMILES string of the molecule is O=C1CCC(N2Cc3c(SCc4ccc(CN5CCC6(CCCCC6)CC5)cc4)cccc3C2=O)C(=O)N1. The van der Waals surface area contributed by atoms with Crippen molar-refractivity contribution in [1.29, 1.82) is 0 Å². The summed E-state index contributed by atoms with van der Waals surface area (Å²) < 4.78 is 0. The van der Waals surface area contributed by atoms with E-state index in [4.69, 9.17) is 0 Å². The average Bonchev–Trinajstić information content (AvgIpc) is 3.27. The van der Waals surface area contributed by atoms with Crippen LogP contribution in [0.3, 0.4) is 0 Å². The zero-order valence-corrected chi connectivity index (χ0v) is 22.9. The lowest BCUT2D eigenvalue weighted by Gasteiger charge is -2.44. The van der Waals surface area contributed by atoms with Crippen molar-refractivity contribution in [3.8, 4) is 0 Å². The molecule has 3 amide bonds. The predicted octanol–water partition coefficient (Wildman–Crippen LogP) is 5.29. The lowest BCUT2D eigenvalue weighted by Crippen LogP contribution is -2.52. The van der Waals surface area contributed by atoms with Crippen molar-refractivity contribution >= 4 is 29.5 Å². The highest BCUT2D eigenvalue weighted by Crippen LogP contribution is 2.44. The Bertz CT molecular complexity index is 1210. The van der Waals surface area contributed by atoms with Gasteiger partial charge in [-0.25, -0.2) is 0 Å². The largest absolute Gasteiger partial charge is 0.322 e. The Hall–Kier alpha value is -2.64.